The normalized spacial score (nSPS) is 9.00. The third kappa shape index (κ3) is 1.11. The first-order valence-corrected chi connectivity index (χ1v) is 2.67. The van der Waals surface area contributed by atoms with Crippen molar-refractivity contribution in [2.45, 2.75) is 0 Å². The van der Waals surface area contributed by atoms with E-state index < -0.39 is 11.2 Å². The van der Waals surface area contributed by atoms with Crippen LogP contribution in [0.2, 0.25) is 0 Å². The fraction of sp³-hybridized carbons (Fsp3) is 0. The largest absolute Gasteiger partial charge is 0.384 e. The Kier molecular flexibility index (Phi) is 1.48. The van der Waals surface area contributed by atoms with E-state index in [1.54, 1.807) is 6.07 Å². The van der Waals surface area contributed by atoms with Crippen LogP contribution in [0.1, 0.15) is 5.56 Å². The summed E-state index contributed by atoms with van der Waals surface area (Å²) in [6, 6.07) is 1.55. The average molecular weight is 152 g/mol. The molecular formula is C5H4N4O2. The van der Waals surface area contributed by atoms with Gasteiger partial charge in [-0.05, 0) is 0 Å². The van der Waals surface area contributed by atoms with Gasteiger partial charge in [0.15, 0.2) is 5.56 Å². The van der Waals surface area contributed by atoms with Gasteiger partial charge in [0, 0.05) is 0 Å². The fourth-order valence-corrected chi connectivity index (χ4v) is 0.615. The first kappa shape index (κ1) is 7.08. The second kappa shape index (κ2) is 2.30. The van der Waals surface area contributed by atoms with Gasteiger partial charge in [0.2, 0.25) is 0 Å². The predicted octanol–water partition coefficient (Wildman–Crippen LogP) is -1.48. The van der Waals surface area contributed by atoms with Crippen molar-refractivity contribution < 1.29 is 0 Å². The van der Waals surface area contributed by atoms with Crippen molar-refractivity contribution >= 4 is 5.82 Å². The molecule has 1 rings (SSSR count). The van der Waals surface area contributed by atoms with Crippen molar-refractivity contribution in [1.29, 1.82) is 5.26 Å². The molecule has 4 N–H and O–H groups in total. The number of H-pyrrole nitrogens is 2. The summed E-state index contributed by atoms with van der Waals surface area (Å²) in [5, 5.41) is 8.32. The number of hydrogen-bond donors (Lipinski definition) is 3. The summed E-state index contributed by atoms with van der Waals surface area (Å²) in [5.41, 5.74) is 3.38. The maximum Gasteiger partial charge on any atom is 0.327 e. The lowest BCUT2D eigenvalue weighted by atomic mass is 10.3. The maximum atomic E-state index is 10.7. The molecular weight excluding hydrogens is 148 g/mol. The molecule has 0 unspecified atom stereocenters. The van der Waals surface area contributed by atoms with E-state index in [4.69, 9.17) is 11.0 Å². The van der Waals surface area contributed by atoms with Gasteiger partial charge >= 0.3 is 5.69 Å². The molecule has 11 heavy (non-hydrogen) atoms. The molecule has 0 fully saturated rings. The lowest BCUT2D eigenvalue weighted by Gasteiger charge is -1.91. The Morgan fingerprint density at radius 1 is 1.36 bits per heavy atom. The molecule has 0 spiro atoms. The number of aromatic nitrogens is 2. The van der Waals surface area contributed by atoms with Crippen LogP contribution >= 0.6 is 0 Å². The van der Waals surface area contributed by atoms with Crippen molar-refractivity contribution in [3.8, 4) is 6.07 Å². The zero-order chi connectivity index (χ0) is 8.43. The number of nitrogens with one attached hydrogen (secondary N) is 2. The number of anilines is 1. The molecule has 1 aromatic heterocycles. The minimum atomic E-state index is -0.770. The highest BCUT2D eigenvalue weighted by molar-refractivity contribution is 5.45. The lowest BCUT2D eigenvalue weighted by molar-refractivity contribution is 1.03. The van der Waals surface area contributed by atoms with E-state index >= 15 is 0 Å². The molecule has 0 atom stereocenters. The van der Waals surface area contributed by atoms with E-state index in [0.29, 0.717) is 0 Å². The van der Waals surface area contributed by atoms with Gasteiger partial charge in [-0.25, -0.2) is 4.79 Å². The summed E-state index contributed by atoms with van der Waals surface area (Å²) in [6.45, 7) is 0. The zero-order valence-corrected chi connectivity index (χ0v) is 5.34. The Morgan fingerprint density at radius 2 is 2.00 bits per heavy atom. The topological polar surface area (TPSA) is 116 Å². The van der Waals surface area contributed by atoms with Crippen LogP contribution in [0.5, 0.6) is 0 Å². The number of hydrogen-bond acceptors (Lipinski definition) is 4. The monoisotopic (exact) mass is 152 g/mol. The SMILES string of the molecule is N#Cc1c(N)[nH]c(=O)[nH]c1=O. The van der Waals surface area contributed by atoms with Gasteiger partial charge < -0.3 is 5.73 Å². The molecule has 0 aliphatic rings. The molecule has 6 heteroatoms. The van der Waals surface area contributed by atoms with Crippen molar-refractivity contribution in [1.82, 2.24) is 9.97 Å². The standard InChI is InChI=1S/C5H4N4O2/c6-1-2-3(7)8-5(11)9-4(2)10/h(H4,7,8,9,10,11). The summed E-state index contributed by atoms with van der Waals surface area (Å²) < 4.78 is 0. The van der Waals surface area contributed by atoms with Gasteiger partial charge in [-0.3, -0.25) is 14.8 Å². The first-order chi connectivity index (χ1) is 5.15. The Balaban J connectivity index is 3.66. The van der Waals surface area contributed by atoms with Crippen molar-refractivity contribution in [2.24, 2.45) is 0 Å². The molecule has 56 valence electrons. The zero-order valence-electron chi connectivity index (χ0n) is 5.34. The maximum absolute atomic E-state index is 10.7. The van der Waals surface area contributed by atoms with Gasteiger partial charge in [0.1, 0.15) is 11.9 Å². The van der Waals surface area contributed by atoms with Crippen LogP contribution in [0.25, 0.3) is 0 Å². The van der Waals surface area contributed by atoms with E-state index in [0.717, 1.165) is 0 Å². The molecule has 1 aromatic rings. The number of aromatic amines is 2. The van der Waals surface area contributed by atoms with Crippen LogP contribution in [0, 0.1) is 11.3 Å². The van der Waals surface area contributed by atoms with Gasteiger partial charge in [0.25, 0.3) is 5.56 Å². The molecule has 0 aliphatic carbocycles. The lowest BCUT2D eigenvalue weighted by Crippen LogP contribution is -2.26. The first-order valence-electron chi connectivity index (χ1n) is 2.67. The molecule has 0 radical (unpaired) electrons. The second-order valence-corrected chi connectivity index (χ2v) is 1.81. The molecule has 0 amide bonds. The van der Waals surface area contributed by atoms with Crippen LogP contribution in [-0.2, 0) is 0 Å². The van der Waals surface area contributed by atoms with Crippen LogP contribution in [0.3, 0.4) is 0 Å². The van der Waals surface area contributed by atoms with Crippen LogP contribution in [-0.4, -0.2) is 9.97 Å². The highest BCUT2D eigenvalue weighted by Gasteiger charge is 2.03. The minimum Gasteiger partial charge on any atom is -0.384 e. The molecule has 6 nitrogen and oxygen atoms in total. The minimum absolute atomic E-state index is 0.207. The van der Waals surface area contributed by atoms with E-state index in [9.17, 15) is 9.59 Å². The molecule has 1 heterocycles. The third-order valence-electron chi connectivity index (χ3n) is 1.08. The summed E-state index contributed by atoms with van der Waals surface area (Å²) >= 11 is 0. The van der Waals surface area contributed by atoms with Gasteiger partial charge in [-0.2, -0.15) is 5.26 Å². The van der Waals surface area contributed by atoms with Crippen LogP contribution in [0.4, 0.5) is 5.82 Å². The Hall–Kier alpha value is -2.03. The summed E-state index contributed by atoms with van der Waals surface area (Å²) in [5.74, 6) is -0.207. The Morgan fingerprint density at radius 3 is 2.45 bits per heavy atom. The molecule has 0 aromatic carbocycles. The van der Waals surface area contributed by atoms with Crippen molar-refractivity contribution in [3.05, 3.63) is 26.4 Å². The highest BCUT2D eigenvalue weighted by Crippen LogP contribution is 1.93. The smallest absolute Gasteiger partial charge is 0.327 e. The number of rotatable bonds is 0. The van der Waals surface area contributed by atoms with Gasteiger partial charge in [-0.1, -0.05) is 0 Å². The van der Waals surface area contributed by atoms with E-state index in [1.807, 2.05) is 4.98 Å². The fourth-order valence-electron chi connectivity index (χ4n) is 0.615. The van der Waals surface area contributed by atoms with Crippen molar-refractivity contribution in [3.63, 3.8) is 0 Å². The highest BCUT2D eigenvalue weighted by atomic mass is 16.2. The van der Waals surface area contributed by atoms with Crippen molar-refractivity contribution in [2.75, 3.05) is 5.73 Å². The number of nitrogens with zero attached hydrogens (tertiary/aromatic N) is 1. The van der Waals surface area contributed by atoms with Crippen LogP contribution in [0.15, 0.2) is 9.59 Å². The van der Waals surface area contributed by atoms with E-state index in [-0.39, 0.29) is 11.4 Å². The molecule has 0 saturated heterocycles. The van der Waals surface area contributed by atoms with E-state index in [1.165, 1.54) is 0 Å². The number of nitriles is 1. The predicted molar refractivity (Wildman–Crippen MR) is 36.8 cm³/mol. The number of nitrogen functional groups attached to an aromatic ring is 1. The Bertz CT molecular complexity index is 421. The summed E-state index contributed by atoms with van der Waals surface area (Å²) in [6.07, 6.45) is 0. The molecule has 0 aliphatic heterocycles. The second-order valence-electron chi connectivity index (χ2n) is 1.81. The van der Waals surface area contributed by atoms with Gasteiger partial charge in [0.05, 0.1) is 0 Å². The summed E-state index contributed by atoms with van der Waals surface area (Å²) in [7, 11) is 0. The Labute approximate surface area is 60.3 Å². The quantitative estimate of drug-likeness (QED) is 0.420. The van der Waals surface area contributed by atoms with Gasteiger partial charge in [-0.15, -0.1) is 0 Å². The number of nitrogens with two attached hydrogens (primary N) is 1. The average Bonchev–Trinajstić information content (AvgIpc) is 1.85. The third-order valence-corrected chi connectivity index (χ3v) is 1.08. The molecule has 0 bridgehead atoms. The summed E-state index contributed by atoms with van der Waals surface area (Å²) in [4.78, 5) is 25.1. The van der Waals surface area contributed by atoms with Crippen LogP contribution < -0.4 is 17.0 Å². The van der Waals surface area contributed by atoms with E-state index in [2.05, 4.69) is 4.98 Å². The molecule has 0 saturated carbocycles.